The molecule has 0 aliphatic carbocycles. The summed E-state index contributed by atoms with van der Waals surface area (Å²) < 4.78 is 0. The number of aliphatic hydroxyl groups is 1. The summed E-state index contributed by atoms with van der Waals surface area (Å²) >= 11 is 0. The van der Waals surface area contributed by atoms with Gasteiger partial charge < -0.3 is 10.4 Å². The van der Waals surface area contributed by atoms with Crippen LogP contribution in [0.15, 0.2) is 54.6 Å². The molecule has 3 nitrogen and oxygen atoms in total. The zero-order chi connectivity index (χ0) is 13.5. The molecule has 2 aromatic rings. The van der Waals surface area contributed by atoms with Crippen LogP contribution in [0.1, 0.15) is 21.5 Å². The van der Waals surface area contributed by atoms with Crippen LogP contribution >= 0.6 is 0 Å². The van der Waals surface area contributed by atoms with Gasteiger partial charge in [-0.2, -0.15) is 0 Å². The normalized spacial score (nSPS) is 10.2. The molecule has 3 heteroatoms. The molecule has 0 aromatic heterocycles. The molecule has 1 amide bonds. The largest absolute Gasteiger partial charge is 0.396 e. The molecular formula is C16H17NO2. The van der Waals surface area contributed by atoms with Crippen LogP contribution in [0, 0.1) is 0 Å². The first-order chi connectivity index (χ1) is 9.31. The van der Waals surface area contributed by atoms with E-state index in [1.54, 1.807) is 6.07 Å². The second kappa shape index (κ2) is 6.71. The van der Waals surface area contributed by atoms with Crippen molar-refractivity contribution in [2.75, 3.05) is 6.61 Å². The van der Waals surface area contributed by atoms with Gasteiger partial charge in [-0.3, -0.25) is 4.79 Å². The van der Waals surface area contributed by atoms with Gasteiger partial charge in [0.25, 0.3) is 5.91 Å². The predicted octanol–water partition coefficient (Wildman–Crippen LogP) is 2.15. The fourth-order valence-electron chi connectivity index (χ4n) is 1.95. The lowest BCUT2D eigenvalue weighted by atomic mass is 10.0. The maximum atomic E-state index is 12.1. The Labute approximate surface area is 112 Å². The molecule has 0 aliphatic heterocycles. The molecule has 2 rings (SSSR count). The van der Waals surface area contributed by atoms with E-state index in [0.29, 0.717) is 18.5 Å². The number of benzene rings is 2. The van der Waals surface area contributed by atoms with E-state index in [4.69, 9.17) is 5.11 Å². The van der Waals surface area contributed by atoms with Crippen LogP contribution in [-0.4, -0.2) is 17.6 Å². The number of hydrogen-bond acceptors (Lipinski definition) is 2. The minimum atomic E-state index is -0.104. The second-order valence-corrected chi connectivity index (χ2v) is 4.30. The van der Waals surface area contributed by atoms with Crippen LogP contribution in [0.5, 0.6) is 0 Å². The van der Waals surface area contributed by atoms with Crippen molar-refractivity contribution in [3.8, 4) is 0 Å². The number of nitrogens with one attached hydrogen (secondary N) is 1. The summed E-state index contributed by atoms with van der Waals surface area (Å²) in [6.45, 7) is 0.552. The highest BCUT2D eigenvalue weighted by Gasteiger charge is 2.09. The summed E-state index contributed by atoms with van der Waals surface area (Å²) in [6.07, 6.45) is 0.495. The van der Waals surface area contributed by atoms with Gasteiger partial charge in [0.15, 0.2) is 0 Å². The summed E-state index contributed by atoms with van der Waals surface area (Å²) in [5.41, 5.74) is 2.57. The second-order valence-electron chi connectivity index (χ2n) is 4.30. The molecule has 0 unspecified atom stereocenters. The zero-order valence-corrected chi connectivity index (χ0v) is 10.7. The molecule has 98 valence electrons. The van der Waals surface area contributed by atoms with E-state index in [-0.39, 0.29) is 12.5 Å². The molecule has 0 atom stereocenters. The van der Waals surface area contributed by atoms with Crippen molar-refractivity contribution in [1.29, 1.82) is 0 Å². The van der Waals surface area contributed by atoms with Crippen molar-refractivity contribution >= 4 is 5.91 Å². The van der Waals surface area contributed by atoms with Crippen LogP contribution < -0.4 is 5.32 Å². The fraction of sp³-hybridized carbons (Fsp3) is 0.188. The van der Waals surface area contributed by atoms with E-state index in [1.165, 1.54) is 0 Å². The first-order valence-electron chi connectivity index (χ1n) is 6.32. The van der Waals surface area contributed by atoms with Gasteiger partial charge in [-0.1, -0.05) is 48.5 Å². The number of carbonyl (C=O) groups is 1. The first kappa shape index (κ1) is 13.3. The molecule has 0 saturated carbocycles. The van der Waals surface area contributed by atoms with E-state index < -0.39 is 0 Å². The summed E-state index contributed by atoms with van der Waals surface area (Å²) in [4.78, 5) is 12.1. The van der Waals surface area contributed by atoms with Gasteiger partial charge in [-0.05, 0) is 23.6 Å². The lowest BCUT2D eigenvalue weighted by molar-refractivity contribution is 0.0950. The number of carbonyl (C=O) groups excluding carboxylic acids is 1. The SMILES string of the molecule is O=C(NCc1ccccc1)c1ccccc1CCO. The average Bonchev–Trinajstić information content (AvgIpc) is 2.47. The number of rotatable bonds is 5. The number of amides is 1. The van der Waals surface area contributed by atoms with Crippen molar-refractivity contribution in [2.45, 2.75) is 13.0 Å². The first-order valence-corrected chi connectivity index (χ1v) is 6.32. The lowest BCUT2D eigenvalue weighted by Crippen LogP contribution is -2.24. The Bertz CT molecular complexity index is 537. The van der Waals surface area contributed by atoms with Crippen LogP contribution in [0.25, 0.3) is 0 Å². The van der Waals surface area contributed by atoms with Gasteiger partial charge in [-0.15, -0.1) is 0 Å². The van der Waals surface area contributed by atoms with Gasteiger partial charge in [0, 0.05) is 18.7 Å². The van der Waals surface area contributed by atoms with E-state index in [1.807, 2.05) is 48.5 Å². The van der Waals surface area contributed by atoms with Gasteiger partial charge in [0.05, 0.1) is 0 Å². The minimum Gasteiger partial charge on any atom is -0.396 e. The van der Waals surface area contributed by atoms with Gasteiger partial charge in [0.1, 0.15) is 0 Å². The molecule has 19 heavy (non-hydrogen) atoms. The summed E-state index contributed by atoms with van der Waals surface area (Å²) in [7, 11) is 0. The van der Waals surface area contributed by atoms with Crippen molar-refractivity contribution in [3.63, 3.8) is 0 Å². The Balaban J connectivity index is 2.04. The van der Waals surface area contributed by atoms with E-state index in [2.05, 4.69) is 5.32 Å². The summed E-state index contributed by atoms with van der Waals surface area (Å²) in [6, 6.07) is 17.1. The molecule has 0 bridgehead atoms. The Morgan fingerprint density at radius 3 is 2.42 bits per heavy atom. The molecule has 0 saturated heterocycles. The van der Waals surface area contributed by atoms with E-state index in [9.17, 15) is 4.79 Å². The molecule has 0 aliphatic rings. The molecular weight excluding hydrogens is 238 g/mol. The van der Waals surface area contributed by atoms with Gasteiger partial charge >= 0.3 is 0 Å². The lowest BCUT2D eigenvalue weighted by Gasteiger charge is -2.09. The zero-order valence-electron chi connectivity index (χ0n) is 10.7. The Morgan fingerprint density at radius 2 is 1.68 bits per heavy atom. The Kier molecular flexibility index (Phi) is 4.70. The average molecular weight is 255 g/mol. The van der Waals surface area contributed by atoms with Crippen molar-refractivity contribution in [2.24, 2.45) is 0 Å². The van der Waals surface area contributed by atoms with Crippen molar-refractivity contribution in [3.05, 3.63) is 71.3 Å². The van der Waals surface area contributed by atoms with Crippen molar-refractivity contribution in [1.82, 2.24) is 5.32 Å². The monoisotopic (exact) mass is 255 g/mol. The van der Waals surface area contributed by atoms with E-state index in [0.717, 1.165) is 11.1 Å². The quantitative estimate of drug-likeness (QED) is 0.860. The highest BCUT2D eigenvalue weighted by molar-refractivity contribution is 5.95. The fourth-order valence-corrected chi connectivity index (χ4v) is 1.95. The summed E-state index contributed by atoms with van der Waals surface area (Å²) in [5, 5.41) is 11.9. The smallest absolute Gasteiger partial charge is 0.251 e. The van der Waals surface area contributed by atoms with Crippen LogP contribution in [0.3, 0.4) is 0 Å². The Hall–Kier alpha value is -2.13. The third-order valence-electron chi connectivity index (χ3n) is 2.94. The number of aliphatic hydroxyl groups excluding tert-OH is 1. The molecule has 0 radical (unpaired) electrons. The molecule has 2 N–H and O–H groups in total. The van der Waals surface area contributed by atoms with Crippen molar-refractivity contribution < 1.29 is 9.90 Å². The third-order valence-corrected chi connectivity index (χ3v) is 2.94. The van der Waals surface area contributed by atoms with Crippen LogP contribution in [-0.2, 0) is 13.0 Å². The molecule has 0 spiro atoms. The molecule has 2 aromatic carbocycles. The molecule has 0 fully saturated rings. The van der Waals surface area contributed by atoms with Gasteiger partial charge in [-0.25, -0.2) is 0 Å². The summed E-state index contributed by atoms with van der Waals surface area (Å²) in [5.74, 6) is -0.104. The Morgan fingerprint density at radius 1 is 1.00 bits per heavy atom. The highest BCUT2D eigenvalue weighted by Crippen LogP contribution is 2.09. The van der Waals surface area contributed by atoms with Crippen LogP contribution in [0.2, 0.25) is 0 Å². The third kappa shape index (κ3) is 3.66. The van der Waals surface area contributed by atoms with E-state index >= 15 is 0 Å². The maximum absolute atomic E-state index is 12.1. The minimum absolute atomic E-state index is 0.0446. The molecule has 0 heterocycles. The topological polar surface area (TPSA) is 49.3 Å². The number of hydrogen-bond donors (Lipinski definition) is 2. The predicted molar refractivity (Wildman–Crippen MR) is 74.8 cm³/mol. The van der Waals surface area contributed by atoms with Gasteiger partial charge in [0.2, 0.25) is 0 Å². The maximum Gasteiger partial charge on any atom is 0.251 e. The highest BCUT2D eigenvalue weighted by atomic mass is 16.3. The van der Waals surface area contributed by atoms with Crippen LogP contribution in [0.4, 0.5) is 0 Å². The standard InChI is InChI=1S/C16H17NO2/c18-11-10-14-8-4-5-9-15(14)16(19)17-12-13-6-2-1-3-7-13/h1-9,18H,10-12H2,(H,17,19).